The Morgan fingerprint density at radius 2 is 0.990 bits per heavy atom. The molecule has 1 heterocycles. The number of amides is 11. The third-order valence-electron chi connectivity index (χ3n) is 19.5. The van der Waals surface area contributed by atoms with Gasteiger partial charge >= 0.3 is 5.97 Å². The van der Waals surface area contributed by atoms with Gasteiger partial charge in [-0.2, -0.15) is 11.8 Å². The maximum Gasteiger partial charge on any atom is 0.335 e. The van der Waals surface area contributed by atoms with Crippen LogP contribution in [0.3, 0.4) is 0 Å². The van der Waals surface area contributed by atoms with Gasteiger partial charge in [-0.25, -0.2) is 4.79 Å². The average Bonchev–Trinajstić information content (AvgIpc) is 0.804. The predicted octanol–water partition coefficient (Wildman–Crippen LogP) is 6.56. The molecule has 1 saturated heterocycles. The molecule has 26 nitrogen and oxygen atoms in total. The number of carbonyl (C=O) groups is 12. The number of likely N-dealkylation sites (N-methyl/N-ethyl adjacent to an activating group) is 7. The van der Waals surface area contributed by atoms with Gasteiger partial charge in [0.2, 0.25) is 65.0 Å². The maximum atomic E-state index is 15.6. The minimum absolute atomic E-state index is 0.0473. The molecule has 0 saturated carbocycles. The summed E-state index contributed by atoms with van der Waals surface area (Å²) >= 11 is 1.38. The van der Waals surface area contributed by atoms with Crippen molar-refractivity contribution in [1.82, 2.24) is 60.9 Å². The number of aliphatic hydroxyl groups excluding tert-OH is 1. The Labute approximate surface area is 625 Å². The third kappa shape index (κ3) is 28.6. The molecule has 0 radical (unpaired) electrons. The van der Waals surface area contributed by atoms with Crippen LogP contribution in [0.25, 0.3) is 0 Å². The van der Waals surface area contributed by atoms with Gasteiger partial charge in [-0.3, -0.25) is 52.7 Å². The van der Waals surface area contributed by atoms with E-state index in [0.29, 0.717) is 37.1 Å². The summed E-state index contributed by atoms with van der Waals surface area (Å²) < 4.78 is 0. The monoisotopic (exact) mass is 1480 g/mol. The van der Waals surface area contributed by atoms with E-state index in [0.717, 1.165) is 37.8 Å². The minimum Gasteiger partial charge on any atom is -0.478 e. The van der Waals surface area contributed by atoms with Crippen molar-refractivity contribution in [3.05, 3.63) is 47.0 Å². The number of aromatic carboxylic acids is 1. The highest BCUT2D eigenvalue weighted by atomic mass is 32.2. The summed E-state index contributed by atoms with van der Waals surface area (Å²) in [6, 6.07) is -6.68. The lowest BCUT2D eigenvalue weighted by Crippen LogP contribution is -2.62. The standard InChI is InChI=1S/C77H132N12O14S/c1-24-57-71(96)88(22)63(45-104-38-30-29-37-90)74(99)83(17)59(40-47(4)5)69(94)82-64(50(10)11)75(100)84(18)58(39-46(2)3)67(92)79-53(15)66(91)80-54(16)70(95)86(20)61(41-48(6)7)72(97)87(21)62(42-49(8)9)73(98)89(23)65(51(12)13)76(101)85(19)60(68(93)81-57)43-52(14)31-27-25-26-28-36-78-44-55-32-34-56(35-33-55)77(102)103/h32-35,41,46-47,49-54,57-65,78,90H,24-31,36-40,42-45H2,1-23H3,(H,79,92)(H,80,91)(H,81,93)(H,82,94)(H,102,103)/t52-,53-,54+,57+,58-,59+,60+,61+,62+,63-,64-,65+/m1/s1. The van der Waals surface area contributed by atoms with Gasteiger partial charge in [0.15, 0.2) is 0 Å². The van der Waals surface area contributed by atoms with E-state index >= 15 is 28.8 Å². The number of carboxylic acids is 1. The zero-order valence-corrected chi connectivity index (χ0v) is 67.9. The second-order valence-corrected chi connectivity index (χ2v) is 32.0. The van der Waals surface area contributed by atoms with Crippen molar-refractivity contribution in [2.24, 2.45) is 35.5 Å². The molecule has 1 aliphatic rings. The Morgan fingerprint density at radius 1 is 0.510 bits per heavy atom. The van der Waals surface area contributed by atoms with E-state index in [1.54, 1.807) is 78.8 Å². The van der Waals surface area contributed by atoms with Crippen LogP contribution in [0, 0.1) is 35.5 Å². The predicted molar refractivity (Wildman–Crippen MR) is 408 cm³/mol. The SMILES string of the molecule is CC[C@@H]1NC(=O)[C@H](C[C@H](C)CCCCCCNCc2ccc(C(=O)O)cc2)N(C)C(=O)[C@H](C(C)C)N(C)C(=O)[C@H](CC(C)C)N(C)C(=O)[C@H](C=C(C)C)N(C)C(=O)[C@H](C)NC(=O)[C@@H](C)NC(=O)[C@@H](CC(C)C)N(C)C(=O)[C@@H](C(C)C)NC(=O)[C@H](CC(C)C)N(C)C(=O)[C@@H](CSCCCCO)N(C)C1=O. The Morgan fingerprint density at radius 3 is 1.51 bits per heavy atom. The highest BCUT2D eigenvalue weighted by Gasteiger charge is 2.45. The number of allylic oxidation sites excluding steroid dienone is 1. The number of unbranched alkanes of at least 4 members (excludes halogenated alkanes) is 4. The summed E-state index contributed by atoms with van der Waals surface area (Å²) in [6.45, 7) is 29.6. The summed E-state index contributed by atoms with van der Waals surface area (Å²) in [6.07, 6.45) is 7.40. The number of carboxylic acid groups (broad SMARTS) is 1. The van der Waals surface area contributed by atoms with Gasteiger partial charge in [-0.15, -0.1) is 0 Å². The molecule has 0 spiro atoms. The molecule has 11 amide bonds. The van der Waals surface area contributed by atoms with Gasteiger partial charge in [-0.05, 0) is 145 Å². The van der Waals surface area contributed by atoms with E-state index in [-0.39, 0.29) is 73.7 Å². The summed E-state index contributed by atoms with van der Waals surface area (Å²) in [7, 11) is 10.3. The average molecular weight is 1480 g/mol. The number of nitrogens with one attached hydrogen (secondary N) is 5. The highest BCUT2D eigenvalue weighted by Crippen LogP contribution is 2.27. The minimum atomic E-state index is -1.30. The van der Waals surface area contributed by atoms with Crippen LogP contribution < -0.4 is 26.6 Å². The molecule has 1 aromatic carbocycles. The van der Waals surface area contributed by atoms with Crippen molar-refractivity contribution in [2.75, 3.05) is 74.0 Å². The molecule has 590 valence electrons. The Kier molecular flexibility index (Phi) is 40.6. The Bertz CT molecular complexity index is 3020. The summed E-state index contributed by atoms with van der Waals surface area (Å²) in [4.78, 5) is 185. The van der Waals surface area contributed by atoms with Gasteiger partial charge in [0.1, 0.15) is 66.5 Å². The van der Waals surface area contributed by atoms with Crippen molar-refractivity contribution >= 4 is 82.7 Å². The maximum absolute atomic E-state index is 15.6. The molecule has 0 bridgehead atoms. The Hall–Kier alpha value is -7.13. The van der Waals surface area contributed by atoms with Crippen molar-refractivity contribution in [1.29, 1.82) is 0 Å². The molecule has 0 aliphatic carbocycles. The van der Waals surface area contributed by atoms with Crippen LogP contribution in [0.1, 0.15) is 204 Å². The summed E-state index contributed by atoms with van der Waals surface area (Å²) in [5.74, 6) is -9.26. The van der Waals surface area contributed by atoms with Crippen molar-refractivity contribution in [3.8, 4) is 0 Å². The van der Waals surface area contributed by atoms with E-state index in [1.165, 1.54) is 109 Å². The van der Waals surface area contributed by atoms with Crippen LogP contribution >= 0.6 is 11.8 Å². The summed E-state index contributed by atoms with van der Waals surface area (Å²) in [5, 5.41) is 33.7. The first-order valence-electron chi connectivity index (χ1n) is 37.5. The van der Waals surface area contributed by atoms with Crippen LogP contribution in [-0.4, -0.2) is 256 Å². The van der Waals surface area contributed by atoms with Gasteiger partial charge < -0.3 is 71.1 Å². The highest BCUT2D eigenvalue weighted by molar-refractivity contribution is 7.99. The van der Waals surface area contributed by atoms with Crippen LogP contribution in [0.15, 0.2) is 35.9 Å². The first-order chi connectivity index (χ1) is 48.6. The molecule has 0 aromatic heterocycles. The van der Waals surface area contributed by atoms with Gasteiger partial charge in [-0.1, -0.05) is 133 Å². The number of benzene rings is 1. The molecule has 12 atom stereocenters. The molecule has 1 fully saturated rings. The van der Waals surface area contributed by atoms with E-state index < -0.39 is 149 Å². The fraction of sp³-hybridized carbons (Fsp3) is 0.740. The number of hydrogen-bond donors (Lipinski definition) is 7. The molecule has 1 aromatic rings. The van der Waals surface area contributed by atoms with E-state index in [9.17, 15) is 39.0 Å². The van der Waals surface area contributed by atoms with Crippen molar-refractivity contribution in [3.63, 3.8) is 0 Å². The number of aliphatic hydroxyl groups is 1. The number of nitrogens with zero attached hydrogens (tertiary/aromatic N) is 7. The fourth-order valence-corrected chi connectivity index (χ4v) is 14.1. The molecular formula is C77H132N12O14S. The number of rotatable bonds is 28. The van der Waals surface area contributed by atoms with Crippen LogP contribution in [-0.2, 0) is 59.3 Å². The molecule has 104 heavy (non-hydrogen) atoms. The normalized spacial score (nSPS) is 24.3. The molecule has 1 aliphatic heterocycles. The first-order valence-corrected chi connectivity index (χ1v) is 38.7. The van der Waals surface area contributed by atoms with Crippen molar-refractivity contribution < 1.29 is 67.7 Å². The third-order valence-corrected chi connectivity index (χ3v) is 20.6. The molecule has 7 N–H and O–H groups in total. The quantitative estimate of drug-likeness (QED) is 0.0345. The lowest BCUT2D eigenvalue weighted by Gasteiger charge is -2.40. The second kappa shape index (κ2) is 45.4. The van der Waals surface area contributed by atoms with Crippen LogP contribution in [0.4, 0.5) is 0 Å². The number of carbonyl (C=O) groups excluding carboxylic acids is 11. The largest absolute Gasteiger partial charge is 0.478 e. The van der Waals surface area contributed by atoms with Gasteiger partial charge in [0.25, 0.3) is 0 Å². The molecular weight excluding hydrogens is 1350 g/mol. The lowest BCUT2D eigenvalue weighted by molar-refractivity contribution is -0.155. The lowest BCUT2D eigenvalue weighted by atomic mass is 9.92. The zero-order valence-electron chi connectivity index (χ0n) is 67.1. The molecule has 27 heteroatoms. The molecule has 0 unspecified atom stereocenters. The second-order valence-electron chi connectivity index (χ2n) is 30.9. The van der Waals surface area contributed by atoms with Crippen molar-refractivity contribution in [2.45, 2.75) is 261 Å². The Balaban J connectivity index is 2.99. The topological polar surface area (TPSA) is 328 Å². The molecule has 2 rings (SSSR count). The van der Waals surface area contributed by atoms with Crippen LogP contribution in [0.2, 0.25) is 0 Å². The van der Waals surface area contributed by atoms with E-state index in [1.807, 2.05) is 48.5 Å². The zero-order chi connectivity index (χ0) is 79.3. The smallest absolute Gasteiger partial charge is 0.335 e. The summed E-state index contributed by atoms with van der Waals surface area (Å²) in [5.41, 5.74) is 1.84. The number of hydrogen-bond acceptors (Lipinski definition) is 15. The number of thioether (sulfide) groups is 1. The van der Waals surface area contributed by atoms with Gasteiger partial charge in [0.05, 0.1) is 5.56 Å². The van der Waals surface area contributed by atoms with Crippen LogP contribution in [0.5, 0.6) is 0 Å². The first kappa shape index (κ1) is 93.0. The van der Waals surface area contributed by atoms with Gasteiger partial charge in [0, 0.05) is 68.2 Å². The fourth-order valence-electron chi connectivity index (χ4n) is 12.9. The van der Waals surface area contributed by atoms with E-state index in [4.69, 9.17) is 0 Å². The van der Waals surface area contributed by atoms with E-state index in [2.05, 4.69) is 26.6 Å².